The van der Waals surface area contributed by atoms with Gasteiger partial charge in [-0.15, -0.1) is 0 Å². The molecule has 0 radical (unpaired) electrons. The number of aromatic amines is 1. The van der Waals surface area contributed by atoms with E-state index in [9.17, 15) is 9.59 Å². The molecule has 4 N–H and O–H groups in total. The van der Waals surface area contributed by atoms with Crippen LogP contribution < -0.4 is 11.1 Å². The lowest BCUT2D eigenvalue weighted by atomic mass is 10.2. The van der Waals surface area contributed by atoms with Crippen LogP contribution in [-0.4, -0.2) is 66.2 Å². The van der Waals surface area contributed by atoms with Gasteiger partial charge in [-0.25, -0.2) is 4.79 Å². The highest BCUT2D eigenvalue weighted by atomic mass is 16.2. The average molecular weight is 304 g/mol. The number of anilines is 1. The summed E-state index contributed by atoms with van der Waals surface area (Å²) in [6.07, 6.45) is 0. The number of carbonyl (C=O) groups excluding carboxylic acids is 2. The number of amides is 3. The molecule has 0 fully saturated rings. The van der Waals surface area contributed by atoms with Crippen LogP contribution in [0.4, 0.5) is 10.5 Å². The average Bonchev–Trinajstić information content (AvgIpc) is 2.87. The molecule has 1 aromatic heterocycles. The minimum atomic E-state index is -0.613. The second-order valence-corrected chi connectivity index (χ2v) is 5.35. The minimum Gasteiger partial charge on any atom is -0.364 e. The van der Waals surface area contributed by atoms with Crippen LogP contribution in [0, 0.1) is 0 Å². The molecule has 22 heavy (non-hydrogen) atoms. The largest absolute Gasteiger partial charge is 0.364 e. The van der Waals surface area contributed by atoms with Crippen LogP contribution in [0.3, 0.4) is 0 Å². The Bertz CT molecular complexity index is 694. The number of urea groups is 1. The lowest BCUT2D eigenvalue weighted by Crippen LogP contribution is -2.36. The molecule has 1 heterocycles. The number of fused-ring (bicyclic) bond motifs is 1. The van der Waals surface area contributed by atoms with E-state index in [1.807, 2.05) is 19.0 Å². The molecule has 2 aromatic rings. The van der Waals surface area contributed by atoms with Gasteiger partial charge in [0, 0.05) is 31.2 Å². The molecule has 0 bridgehead atoms. The van der Waals surface area contributed by atoms with E-state index in [0.717, 1.165) is 6.54 Å². The summed E-state index contributed by atoms with van der Waals surface area (Å²) < 4.78 is 0. The quantitative estimate of drug-likeness (QED) is 0.755. The summed E-state index contributed by atoms with van der Waals surface area (Å²) in [7, 11) is 5.62. The van der Waals surface area contributed by atoms with Gasteiger partial charge in [-0.2, -0.15) is 5.10 Å². The van der Waals surface area contributed by atoms with E-state index >= 15 is 0 Å². The molecule has 3 amide bonds. The maximum atomic E-state index is 12.1. The predicted molar refractivity (Wildman–Crippen MR) is 84.8 cm³/mol. The number of hydrogen-bond donors (Lipinski definition) is 3. The van der Waals surface area contributed by atoms with Gasteiger partial charge in [0.25, 0.3) is 5.91 Å². The molecule has 0 aliphatic carbocycles. The van der Waals surface area contributed by atoms with Gasteiger partial charge in [-0.05, 0) is 32.3 Å². The maximum Gasteiger partial charge on any atom is 0.321 e. The van der Waals surface area contributed by atoms with Gasteiger partial charge in [-0.3, -0.25) is 9.89 Å². The molecule has 8 heteroatoms. The first kappa shape index (κ1) is 15.8. The summed E-state index contributed by atoms with van der Waals surface area (Å²) in [6, 6.07) is 4.94. The number of rotatable bonds is 5. The number of carbonyl (C=O) groups is 2. The molecule has 8 nitrogen and oxygen atoms in total. The van der Waals surface area contributed by atoms with Gasteiger partial charge >= 0.3 is 6.03 Å². The molecule has 0 aliphatic rings. The van der Waals surface area contributed by atoms with Crippen LogP contribution >= 0.6 is 0 Å². The Balaban J connectivity index is 2.12. The maximum absolute atomic E-state index is 12.1. The van der Waals surface area contributed by atoms with Crippen LogP contribution in [0.25, 0.3) is 10.9 Å². The number of H-pyrrole nitrogens is 1. The van der Waals surface area contributed by atoms with Crippen LogP contribution in [0.15, 0.2) is 18.2 Å². The lowest BCUT2D eigenvalue weighted by molar-refractivity contribution is 0.0997. The smallest absolute Gasteiger partial charge is 0.321 e. The van der Waals surface area contributed by atoms with E-state index in [4.69, 9.17) is 5.73 Å². The summed E-state index contributed by atoms with van der Waals surface area (Å²) >= 11 is 0. The zero-order valence-electron chi connectivity index (χ0n) is 12.9. The molecule has 2 rings (SSSR count). The topological polar surface area (TPSA) is 107 Å². The second-order valence-electron chi connectivity index (χ2n) is 5.35. The summed E-state index contributed by atoms with van der Waals surface area (Å²) in [5, 5.41) is 9.97. The lowest BCUT2D eigenvalue weighted by Gasteiger charge is -2.20. The van der Waals surface area contributed by atoms with E-state index in [0.29, 0.717) is 23.1 Å². The van der Waals surface area contributed by atoms with Crippen LogP contribution in [0.2, 0.25) is 0 Å². The van der Waals surface area contributed by atoms with Gasteiger partial charge in [0.05, 0.1) is 5.52 Å². The van der Waals surface area contributed by atoms with Crippen molar-refractivity contribution in [2.75, 3.05) is 39.5 Å². The molecule has 0 unspecified atom stereocenters. The van der Waals surface area contributed by atoms with Gasteiger partial charge in [0.15, 0.2) is 5.69 Å². The Morgan fingerprint density at radius 1 is 1.27 bits per heavy atom. The number of nitrogens with one attached hydrogen (secondary N) is 2. The third kappa shape index (κ3) is 3.53. The summed E-state index contributed by atoms with van der Waals surface area (Å²) in [4.78, 5) is 27.0. The monoisotopic (exact) mass is 304 g/mol. The van der Waals surface area contributed by atoms with E-state index in [2.05, 4.69) is 15.5 Å². The SMILES string of the molecule is CN(C)CCN(C)C(=O)Nc1ccc2[nH]nc(C(N)=O)c2c1. The normalized spacial score (nSPS) is 10.9. The molecular weight excluding hydrogens is 284 g/mol. The van der Waals surface area contributed by atoms with Crippen LogP contribution in [-0.2, 0) is 0 Å². The van der Waals surface area contributed by atoms with Gasteiger partial charge in [0.2, 0.25) is 0 Å². The van der Waals surface area contributed by atoms with Crippen molar-refractivity contribution in [2.24, 2.45) is 5.73 Å². The van der Waals surface area contributed by atoms with Crippen LogP contribution in [0.1, 0.15) is 10.5 Å². The van der Waals surface area contributed by atoms with E-state index in [1.165, 1.54) is 0 Å². The van der Waals surface area contributed by atoms with Crippen molar-refractivity contribution < 1.29 is 9.59 Å². The Hall–Kier alpha value is -2.61. The number of hydrogen-bond acceptors (Lipinski definition) is 4. The van der Waals surface area contributed by atoms with E-state index in [1.54, 1.807) is 30.1 Å². The Morgan fingerprint density at radius 2 is 2.00 bits per heavy atom. The molecule has 0 saturated carbocycles. The molecular formula is C14H20N6O2. The van der Waals surface area contributed by atoms with E-state index in [-0.39, 0.29) is 11.7 Å². The fourth-order valence-corrected chi connectivity index (χ4v) is 1.95. The van der Waals surface area contributed by atoms with Gasteiger partial charge in [0.1, 0.15) is 0 Å². The van der Waals surface area contributed by atoms with E-state index < -0.39 is 5.91 Å². The molecule has 0 spiro atoms. The Morgan fingerprint density at radius 3 is 2.64 bits per heavy atom. The van der Waals surface area contributed by atoms with Crippen molar-refractivity contribution in [1.29, 1.82) is 0 Å². The van der Waals surface area contributed by atoms with Crippen molar-refractivity contribution in [3.05, 3.63) is 23.9 Å². The number of nitrogens with zero attached hydrogens (tertiary/aromatic N) is 3. The highest BCUT2D eigenvalue weighted by Crippen LogP contribution is 2.20. The van der Waals surface area contributed by atoms with Crippen molar-refractivity contribution in [2.45, 2.75) is 0 Å². The number of primary amides is 1. The number of likely N-dealkylation sites (N-methyl/N-ethyl adjacent to an activating group) is 2. The predicted octanol–water partition coefficient (Wildman–Crippen LogP) is 0.687. The first-order chi connectivity index (χ1) is 10.4. The van der Waals surface area contributed by atoms with Crippen molar-refractivity contribution in [3.63, 3.8) is 0 Å². The van der Waals surface area contributed by atoms with Gasteiger partial charge < -0.3 is 20.9 Å². The van der Waals surface area contributed by atoms with Crippen molar-refractivity contribution in [1.82, 2.24) is 20.0 Å². The summed E-state index contributed by atoms with van der Waals surface area (Å²) in [6.45, 7) is 1.38. The van der Waals surface area contributed by atoms with Crippen molar-refractivity contribution >= 4 is 28.5 Å². The Labute approximate surface area is 128 Å². The molecule has 0 atom stereocenters. The fourth-order valence-electron chi connectivity index (χ4n) is 1.95. The zero-order valence-corrected chi connectivity index (χ0v) is 12.9. The second kappa shape index (κ2) is 6.44. The minimum absolute atomic E-state index is 0.159. The number of aromatic nitrogens is 2. The van der Waals surface area contributed by atoms with Crippen molar-refractivity contribution in [3.8, 4) is 0 Å². The highest BCUT2D eigenvalue weighted by molar-refractivity contribution is 6.05. The Kier molecular flexibility index (Phi) is 4.62. The molecule has 1 aromatic carbocycles. The number of benzene rings is 1. The molecule has 0 aliphatic heterocycles. The third-order valence-electron chi connectivity index (χ3n) is 3.28. The van der Waals surface area contributed by atoms with Gasteiger partial charge in [-0.1, -0.05) is 0 Å². The fraction of sp³-hybridized carbons (Fsp3) is 0.357. The zero-order chi connectivity index (χ0) is 16.3. The summed E-state index contributed by atoms with van der Waals surface area (Å²) in [5.41, 5.74) is 6.70. The van der Waals surface area contributed by atoms with Crippen LogP contribution in [0.5, 0.6) is 0 Å². The first-order valence-electron chi connectivity index (χ1n) is 6.83. The standard InChI is InChI=1S/C14H20N6O2/c1-19(2)6-7-20(3)14(22)16-9-4-5-11-10(8-9)12(13(15)21)18-17-11/h4-5,8H,6-7H2,1-3H3,(H2,15,21)(H,16,22)(H,17,18). The first-order valence-corrected chi connectivity index (χ1v) is 6.83. The highest BCUT2D eigenvalue weighted by Gasteiger charge is 2.13. The molecule has 0 saturated heterocycles. The summed E-state index contributed by atoms with van der Waals surface area (Å²) in [5.74, 6) is -0.613. The molecule has 118 valence electrons. The number of nitrogens with two attached hydrogens (primary N) is 1. The third-order valence-corrected chi connectivity index (χ3v) is 3.28.